The number of likely N-dealkylation sites (tertiary alicyclic amines) is 2. The van der Waals surface area contributed by atoms with E-state index in [-0.39, 0.29) is 146 Å². The molecule has 0 aromatic carbocycles. The summed E-state index contributed by atoms with van der Waals surface area (Å²) < 4.78 is 69.4. The molecular formula is C37H55F3K2N8O10S3. The molecule has 18 nitrogen and oxygen atoms in total. The van der Waals surface area contributed by atoms with Gasteiger partial charge in [-0.25, -0.2) is 9.97 Å². The van der Waals surface area contributed by atoms with E-state index in [4.69, 9.17) is 37.1 Å². The number of nitrogens with two attached hydrogens (primary N) is 3. The molecule has 5 rings (SSSR count). The Bertz CT molecular complexity index is 2070. The minimum absolute atomic E-state index is 0. The summed E-state index contributed by atoms with van der Waals surface area (Å²) in [6.45, 7) is 6.92. The standard InChI is InChI=1S/C17H24N4O2S.C12H12F3N3O4S2.C6H13NO.CH2O3.CH4.2K.H/c1-3-5-10-8-12(23-9-11-6-4-7-21(11)2)20-17-13(10)14(18)15(24-17)16(19)22;1-2-3-7-4-10(22-24(20,21)12(13,14)15)18-11(8(7)5-16)23-6-9(17)19;1-7-4-2-3-6(7)5-8;2-1-4-3;;;;/h8,11H,3-7,9,18H2,1-2H3,(H2,19,22);4H,2-3,6H2,1H3,(H2,17,19);6,8H,2-5H2,1H3;1,3H;1H4;;;/q;;;;;2*+1;-1/p-1/t11-;;6-;;;;;/m0.0...../s1. The molecule has 0 unspecified atom stereocenters. The quantitative estimate of drug-likeness (QED) is 0.0231. The number of nitrogen functional groups attached to an aromatic ring is 1. The monoisotopic (exact) mass is 1000 g/mol. The molecule has 0 radical (unpaired) electrons. The van der Waals surface area contributed by atoms with Gasteiger partial charge >= 0.3 is 118 Å². The zero-order chi connectivity index (χ0) is 45.2. The number of fused-ring (bicyclic) bond motifs is 1. The number of aryl methyl sites for hydroxylation is 2. The van der Waals surface area contributed by atoms with Gasteiger partial charge in [0.05, 0.1) is 23.6 Å². The number of thiophene rings is 1. The van der Waals surface area contributed by atoms with Crippen LogP contribution in [0.2, 0.25) is 0 Å². The topological polar surface area (TPSA) is 290 Å². The van der Waals surface area contributed by atoms with Crippen LogP contribution in [0.4, 0.5) is 18.9 Å². The van der Waals surface area contributed by atoms with E-state index < -0.39 is 33.3 Å². The number of aliphatic hydroxyl groups is 1. The number of aromatic nitrogens is 2. The number of carbonyl (C=O) groups is 3. The van der Waals surface area contributed by atoms with Crippen LogP contribution in [0.3, 0.4) is 0 Å². The zero-order valence-corrected chi connectivity index (χ0v) is 44.2. The predicted octanol–water partition coefficient (Wildman–Crippen LogP) is -2.62. The van der Waals surface area contributed by atoms with Gasteiger partial charge in [-0.2, -0.15) is 26.9 Å². The van der Waals surface area contributed by atoms with Crippen molar-refractivity contribution < 1.29 is 164 Å². The fourth-order valence-corrected chi connectivity index (χ4v) is 8.20. The predicted molar refractivity (Wildman–Crippen MR) is 224 cm³/mol. The van der Waals surface area contributed by atoms with Gasteiger partial charge in [-0.3, -0.25) is 14.4 Å². The summed E-state index contributed by atoms with van der Waals surface area (Å²) in [6, 6.07) is 5.63. The molecule has 344 valence electrons. The maximum atomic E-state index is 12.4. The number of halogens is 3. The van der Waals surface area contributed by atoms with Crippen molar-refractivity contribution >= 4 is 67.4 Å². The van der Waals surface area contributed by atoms with Gasteiger partial charge in [-0.05, 0) is 76.8 Å². The van der Waals surface area contributed by atoms with Gasteiger partial charge in [0.2, 0.25) is 17.7 Å². The van der Waals surface area contributed by atoms with Crippen LogP contribution in [0, 0.1) is 11.3 Å². The van der Waals surface area contributed by atoms with Gasteiger partial charge < -0.3 is 52.6 Å². The van der Waals surface area contributed by atoms with Crippen molar-refractivity contribution in [1.82, 2.24) is 19.8 Å². The van der Waals surface area contributed by atoms with Gasteiger partial charge in [0.25, 0.3) is 12.4 Å². The number of likely N-dealkylation sites (N-methyl/N-ethyl adjacent to an activating group) is 2. The third-order valence-corrected chi connectivity index (χ3v) is 12.1. The summed E-state index contributed by atoms with van der Waals surface area (Å²) in [5, 5.41) is 27.0. The summed E-state index contributed by atoms with van der Waals surface area (Å²) in [5.74, 6) is -1.77. The van der Waals surface area contributed by atoms with Crippen molar-refractivity contribution in [1.29, 1.82) is 5.26 Å². The number of carbonyl (C=O) groups excluding carboxylic acids is 3. The molecule has 2 atom stereocenters. The first kappa shape index (κ1) is 63.8. The molecule has 26 heteroatoms. The van der Waals surface area contributed by atoms with Crippen molar-refractivity contribution in [3.8, 4) is 17.8 Å². The summed E-state index contributed by atoms with van der Waals surface area (Å²) >= 11 is 1.95. The normalized spacial score (nSPS) is 15.8. The van der Waals surface area contributed by atoms with E-state index in [1.54, 1.807) is 6.92 Å². The average molecular weight is 1000 g/mol. The Morgan fingerprint density at radius 3 is 2.03 bits per heavy atom. The summed E-state index contributed by atoms with van der Waals surface area (Å²) in [5.41, 5.74) is 12.7. The fourth-order valence-electron chi connectivity index (χ4n) is 6.06. The van der Waals surface area contributed by atoms with Gasteiger partial charge in [0.15, 0.2) is 0 Å². The molecule has 0 bridgehead atoms. The van der Waals surface area contributed by atoms with Gasteiger partial charge in [0.1, 0.15) is 27.4 Å². The molecule has 2 aliphatic heterocycles. The van der Waals surface area contributed by atoms with Crippen molar-refractivity contribution in [2.75, 3.05) is 51.9 Å². The van der Waals surface area contributed by atoms with Crippen LogP contribution in [0.5, 0.6) is 11.8 Å². The van der Waals surface area contributed by atoms with E-state index in [0.717, 1.165) is 54.2 Å². The van der Waals surface area contributed by atoms with Crippen molar-refractivity contribution in [3.05, 3.63) is 33.7 Å². The number of pyridine rings is 2. The summed E-state index contributed by atoms with van der Waals surface area (Å²) in [6.07, 6.45) is 7.43. The molecule has 2 saturated heterocycles. The van der Waals surface area contributed by atoms with E-state index in [1.165, 1.54) is 30.6 Å². The Morgan fingerprint density at radius 1 is 1.06 bits per heavy atom. The number of rotatable bonds is 15. The first-order valence-corrected chi connectivity index (χ1v) is 21.7. The number of hydrogen-bond acceptors (Lipinski definition) is 18. The van der Waals surface area contributed by atoms with Crippen molar-refractivity contribution in [2.24, 2.45) is 11.5 Å². The molecular weight excluding hydrogens is 948 g/mol. The molecule has 63 heavy (non-hydrogen) atoms. The number of anilines is 1. The number of nitrogens with zero attached hydrogens (tertiary/aromatic N) is 5. The molecule has 2 aliphatic rings. The van der Waals surface area contributed by atoms with Crippen LogP contribution in [-0.2, 0) is 37.4 Å². The minimum Gasteiger partial charge on any atom is -1.00 e. The van der Waals surface area contributed by atoms with Crippen molar-refractivity contribution in [3.63, 3.8) is 0 Å². The summed E-state index contributed by atoms with van der Waals surface area (Å²) in [4.78, 5) is 47.4. The first-order chi connectivity index (χ1) is 28.3. The Balaban J connectivity index is -0.000000880. The molecule has 2 amide bonds. The van der Waals surface area contributed by atoms with E-state index in [2.05, 4.69) is 49.9 Å². The molecule has 0 spiro atoms. The molecule has 7 N–H and O–H groups in total. The fraction of sp³-hybridized carbons (Fsp3) is 0.568. The maximum absolute atomic E-state index is 12.4. The SMILES string of the molecule is C.CCCc1cc(OC[C@@H]2CCCN2C)nc2sc(C(N)=O)c(N)c12.CCCc1cc(OS(=O)(=O)C(F)(F)F)nc(SCC(N)=O)c1C#N.CN1CCC[C@H]1CO.O=CO[O-].[H-].[K+].[K+]. The Kier molecular flexibility index (Phi) is 32.1. The number of amides is 2. The van der Waals surface area contributed by atoms with E-state index in [9.17, 15) is 36.4 Å². The number of ether oxygens (including phenoxy) is 1. The third kappa shape index (κ3) is 20.3. The number of primary amides is 2. The van der Waals surface area contributed by atoms with Crippen LogP contribution in [0.15, 0.2) is 17.2 Å². The Labute approximate surface area is 460 Å². The molecule has 3 aromatic rings. The largest absolute Gasteiger partial charge is 1.00 e. The number of aliphatic hydroxyl groups excluding tert-OH is 1. The third-order valence-electron chi connectivity index (χ3n) is 9.02. The van der Waals surface area contributed by atoms with Crippen LogP contribution in [0.25, 0.3) is 10.2 Å². The van der Waals surface area contributed by atoms with Gasteiger partial charge in [0, 0.05) is 29.6 Å². The average Bonchev–Trinajstić information content (AvgIpc) is 3.90. The maximum Gasteiger partial charge on any atom is 1.00 e. The molecule has 0 saturated carbocycles. The summed E-state index contributed by atoms with van der Waals surface area (Å²) in [7, 11) is -1.71. The smallest absolute Gasteiger partial charge is 1.00 e. The van der Waals surface area contributed by atoms with Gasteiger partial charge in [-0.15, -0.1) is 11.3 Å². The van der Waals surface area contributed by atoms with Crippen molar-refractivity contribution in [2.45, 2.75) is 95.3 Å². The van der Waals surface area contributed by atoms with Crippen LogP contribution >= 0.6 is 23.1 Å². The Morgan fingerprint density at radius 2 is 1.60 bits per heavy atom. The molecule has 5 heterocycles. The number of nitriles is 1. The molecule has 0 aliphatic carbocycles. The second-order valence-electron chi connectivity index (χ2n) is 13.4. The number of hydrogen-bond donors (Lipinski definition) is 4. The molecule has 2 fully saturated rings. The number of alkyl halides is 3. The van der Waals surface area contributed by atoms with Crippen LogP contribution in [0.1, 0.15) is 87.6 Å². The van der Waals surface area contributed by atoms with E-state index >= 15 is 0 Å². The van der Waals surface area contributed by atoms with Crippen LogP contribution < -0.4 is 134 Å². The van der Waals surface area contributed by atoms with Crippen LogP contribution in [-0.4, -0.2) is 115 Å². The van der Waals surface area contributed by atoms with E-state index in [1.807, 2.05) is 12.1 Å². The Hall–Kier alpha value is -1.24. The zero-order valence-electron chi connectivity index (χ0n) is 36.5. The number of thioether (sulfide) groups is 1. The first-order valence-electron chi connectivity index (χ1n) is 18.5. The second-order valence-corrected chi connectivity index (χ2v) is 16.9. The molecule has 3 aromatic heterocycles. The van der Waals surface area contributed by atoms with E-state index in [0.29, 0.717) is 59.9 Å². The minimum atomic E-state index is -5.90. The second kappa shape index (κ2) is 31.7. The van der Waals surface area contributed by atoms with Gasteiger partial charge in [-0.1, -0.05) is 45.9 Å².